The second-order valence-corrected chi connectivity index (χ2v) is 5.51. The van der Waals surface area contributed by atoms with E-state index in [1.54, 1.807) is 0 Å². The molecule has 0 radical (unpaired) electrons. The predicted molar refractivity (Wildman–Crippen MR) is 43.4 cm³/mol. The van der Waals surface area contributed by atoms with Crippen molar-refractivity contribution in [2.75, 3.05) is 5.75 Å². The fourth-order valence-electron chi connectivity index (χ4n) is 2.15. The molecule has 1 nitrogen and oxygen atoms in total. The molecule has 2 aliphatic rings. The third-order valence-electron chi connectivity index (χ3n) is 2.99. The highest BCUT2D eigenvalue weighted by Gasteiger charge is 2.50. The summed E-state index contributed by atoms with van der Waals surface area (Å²) in [6, 6.07) is 0. The number of hydrogen-bond acceptors (Lipinski definition) is 1. The van der Waals surface area contributed by atoms with E-state index in [9.17, 15) is 4.55 Å². The molecule has 1 aliphatic carbocycles. The maximum atomic E-state index is 11.3. The summed E-state index contributed by atoms with van der Waals surface area (Å²) in [6.07, 6.45) is 7.77. The van der Waals surface area contributed by atoms with Gasteiger partial charge in [-0.15, -0.1) is 0 Å². The lowest BCUT2D eigenvalue weighted by Crippen LogP contribution is -2.51. The first-order valence-corrected chi connectivity index (χ1v) is 5.54. The van der Waals surface area contributed by atoms with Crippen LogP contribution in [0.4, 0.5) is 0 Å². The first-order chi connectivity index (χ1) is 4.83. The Morgan fingerprint density at radius 1 is 1.00 bits per heavy atom. The van der Waals surface area contributed by atoms with Gasteiger partial charge in [0.2, 0.25) is 0 Å². The standard InChI is InChI=1S/C8H14OS/c9-10-7-6-8(10)4-2-1-3-5-8/h1-7H2. The van der Waals surface area contributed by atoms with Crippen LogP contribution in [-0.4, -0.2) is 15.1 Å². The average Bonchev–Trinajstić information content (AvgIpc) is 2.04. The second-order valence-electron chi connectivity index (χ2n) is 3.54. The summed E-state index contributed by atoms with van der Waals surface area (Å²) >= 11 is -0.437. The Bertz CT molecular complexity index is 129. The molecule has 1 aliphatic heterocycles. The molecule has 1 heterocycles. The minimum Gasteiger partial charge on any atom is -0.616 e. The van der Waals surface area contributed by atoms with Crippen LogP contribution >= 0.6 is 0 Å². The van der Waals surface area contributed by atoms with Crippen molar-refractivity contribution in [2.24, 2.45) is 0 Å². The quantitative estimate of drug-likeness (QED) is 0.493. The number of rotatable bonds is 0. The molecule has 2 fully saturated rings. The van der Waals surface area contributed by atoms with E-state index in [4.69, 9.17) is 0 Å². The molecule has 0 aromatic rings. The monoisotopic (exact) mass is 158 g/mol. The van der Waals surface area contributed by atoms with Gasteiger partial charge in [-0.2, -0.15) is 0 Å². The molecule has 0 amide bonds. The van der Waals surface area contributed by atoms with E-state index in [-0.39, 0.29) is 0 Å². The largest absolute Gasteiger partial charge is 0.616 e. The molecule has 2 rings (SSSR count). The summed E-state index contributed by atoms with van der Waals surface area (Å²) in [5.41, 5.74) is 0. The lowest BCUT2D eigenvalue weighted by molar-refractivity contribution is 0.337. The van der Waals surface area contributed by atoms with Gasteiger partial charge in [0.1, 0.15) is 10.5 Å². The Kier molecular flexibility index (Phi) is 1.69. The van der Waals surface area contributed by atoms with Crippen LogP contribution in [0.3, 0.4) is 0 Å². The Hall–Kier alpha value is 0.310. The first-order valence-electron chi connectivity index (χ1n) is 4.22. The summed E-state index contributed by atoms with van der Waals surface area (Å²) in [4.78, 5) is 0. The zero-order chi connectivity index (χ0) is 7.03. The normalized spacial score (nSPS) is 37.5. The van der Waals surface area contributed by atoms with Crippen LogP contribution in [0.5, 0.6) is 0 Å². The Morgan fingerprint density at radius 3 is 2.00 bits per heavy atom. The smallest absolute Gasteiger partial charge is 0.130 e. The zero-order valence-corrected chi connectivity index (χ0v) is 7.08. The van der Waals surface area contributed by atoms with Gasteiger partial charge in [-0.1, -0.05) is 6.42 Å². The molecule has 0 aromatic carbocycles. The van der Waals surface area contributed by atoms with Crippen LogP contribution in [-0.2, 0) is 11.2 Å². The van der Waals surface area contributed by atoms with Crippen LogP contribution in [0, 0.1) is 0 Å². The van der Waals surface area contributed by atoms with E-state index in [0.29, 0.717) is 4.75 Å². The minimum atomic E-state index is -0.437. The minimum absolute atomic E-state index is 0.332. The summed E-state index contributed by atoms with van der Waals surface area (Å²) < 4.78 is 11.7. The van der Waals surface area contributed by atoms with E-state index < -0.39 is 11.2 Å². The van der Waals surface area contributed by atoms with Gasteiger partial charge in [-0.3, -0.25) is 0 Å². The van der Waals surface area contributed by atoms with Crippen LogP contribution in [0.1, 0.15) is 38.5 Å². The van der Waals surface area contributed by atoms with Gasteiger partial charge in [0.25, 0.3) is 0 Å². The summed E-state index contributed by atoms with van der Waals surface area (Å²) in [7, 11) is 0. The maximum Gasteiger partial charge on any atom is 0.130 e. The van der Waals surface area contributed by atoms with Gasteiger partial charge in [0, 0.05) is 6.42 Å². The fourth-order valence-corrected chi connectivity index (χ4v) is 3.84. The highest BCUT2D eigenvalue weighted by molar-refractivity contribution is 7.94. The van der Waals surface area contributed by atoms with Crippen LogP contribution in [0.2, 0.25) is 0 Å². The molecule has 2 heteroatoms. The van der Waals surface area contributed by atoms with Gasteiger partial charge in [-0.05, 0) is 36.9 Å². The van der Waals surface area contributed by atoms with E-state index in [2.05, 4.69) is 0 Å². The molecule has 58 valence electrons. The van der Waals surface area contributed by atoms with Crippen LogP contribution < -0.4 is 0 Å². The van der Waals surface area contributed by atoms with Gasteiger partial charge < -0.3 is 4.55 Å². The molecule has 0 N–H and O–H groups in total. The Morgan fingerprint density at radius 2 is 1.70 bits per heavy atom. The van der Waals surface area contributed by atoms with Gasteiger partial charge >= 0.3 is 0 Å². The Balaban J connectivity index is 1.99. The first kappa shape index (κ1) is 6.99. The molecule has 1 spiro atoms. The van der Waals surface area contributed by atoms with E-state index in [1.807, 2.05) is 0 Å². The third-order valence-corrected chi connectivity index (χ3v) is 5.14. The van der Waals surface area contributed by atoms with Crippen molar-refractivity contribution in [1.82, 2.24) is 0 Å². The second kappa shape index (κ2) is 2.42. The van der Waals surface area contributed by atoms with Crippen molar-refractivity contribution in [3.05, 3.63) is 0 Å². The molecule has 0 aromatic heterocycles. The molecular weight excluding hydrogens is 144 g/mol. The lowest BCUT2D eigenvalue weighted by Gasteiger charge is -2.45. The van der Waals surface area contributed by atoms with Crippen LogP contribution in [0.15, 0.2) is 0 Å². The maximum absolute atomic E-state index is 11.3. The fraction of sp³-hybridized carbons (Fsp3) is 1.00. The van der Waals surface area contributed by atoms with E-state index >= 15 is 0 Å². The van der Waals surface area contributed by atoms with Crippen molar-refractivity contribution in [3.8, 4) is 0 Å². The molecular formula is C8H14OS. The molecule has 0 bridgehead atoms. The van der Waals surface area contributed by atoms with E-state index in [1.165, 1.54) is 38.5 Å². The topological polar surface area (TPSA) is 23.1 Å². The molecule has 1 saturated carbocycles. The molecule has 1 unspecified atom stereocenters. The van der Waals surface area contributed by atoms with Crippen molar-refractivity contribution in [2.45, 2.75) is 43.3 Å². The number of hydrogen-bond donors (Lipinski definition) is 0. The summed E-state index contributed by atoms with van der Waals surface area (Å²) in [6.45, 7) is 0. The zero-order valence-electron chi connectivity index (χ0n) is 6.27. The molecule has 10 heavy (non-hydrogen) atoms. The highest BCUT2D eigenvalue weighted by atomic mass is 32.2. The van der Waals surface area contributed by atoms with E-state index in [0.717, 1.165) is 5.75 Å². The summed E-state index contributed by atoms with van der Waals surface area (Å²) in [5, 5.41) is 0. The van der Waals surface area contributed by atoms with Crippen molar-refractivity contribution < 1.29 is 4.55 Å². The Labute approximate surface area is 65.4 Å². The van der Waals surface area contributed by atoms with Gasteiger partial charge in [-0.25, -0.2) is 0 Å². The van der Waals surface area contributed by atoms with Crippen molar-refractivity contribution in [1.29, 1.82) is 0 Å². The third kappa shape index (κ3) is 0.892. The summed E-state index contributed by atoms with van der Waals surface area (Å²) in [5.74, 6) is 0.986. The van der Waals surface area contributed by atoms with Gasteiger partial charge in [0.15, 0.2) is 0 Å². The highest BCUT2D eigenvalue weighted by Crippen LogP contribution is 2.45. The SMILES string of the molecule is [O-][S+]1CCC12CCCCC2. The molecule has 1 saturated heterocycles. The van der Waals surface area contributed by atoms with Crippen molar-refractivity contribution in [3.63, 3.8) is 0 Å². The average molecular weight is 158 g/mol. The molecule has 1 atom stereocenters. The van der Waals surface area contributed by atoms with Crippen LogP contribution in [0.25, 0.3) is 0 Å². The van der Waals surface area contributed by atoms with Crippen molar-refractivity contribution >= 4 is 11.2 Å². The predicted octanol–water partition coefficient (Wildman–Crippen LogP) is 1.84. The van der Waals surface area contributed by atoms with Gasteiger partial charge in [0.05, 0.1) is 0 Å². The lowest BCUT2D eigenvalue weighted by atomic mass is 9.86.